The van der Waals surface area contributed by atoms with Crippen LogP contribution in [0.4, 0.5) is 0 Å². The van der Waals surface area contributed by atoms with Gasteiger partial charge in [0.05, 0.1) is 0 Å². The van der Waals surface area contributed by atoms with Crippen molar-refractivity contribution in [1.82, 2.24) is 0 Å². The molecule has 0 heterocycles. The van der Waals surface area contributed by atoms with E-state index in [4.69, 9.17) is 0 Å². The normalized spacial score (nSPS) is 14.8. The number of hydrogen-bond donors (Lipinski definition) is 0. The summed E-state index contributed by atoms with van der Waals surface area (Å²) in [5, 5.41) is 0. The number of rotatable bonds is 7. The molecule has 0 saturated heterocycles. The second-order valence-corrected chi connectivity index (χ2v) is 5.74. The van der Waals surface area contributed by atoms with Gasteiger partial charge in [0.25, 0.3) is 0 Å². The predicted molar refractivity (Wildman–Crippen MR) is 66.5 cm³/mol. The minimum absolute atomic E-state index is 0.529. The maximum Gasteiger partial charge on any atom is -0.0331 e. The second-order valence-electron chi connectivity index (χ2n) is 5.74. The highest BCUT2D eigenvalue weighted by Crippen LogP contribution is 2.34. The molecule has 0 aromatic carbocycles. The third-order valence-corrected chi connectivity index (χ3v) is 4.03. The van der Waals surface area contributed by atoms with Gasteiger partial charge in [-0.3, -0.25) is 0 Å². The molecule has 1 atom stereocenters. The Morgan fingerprint density at radius 3 is 1.93 bits per heavy atom. The van der Waals surface area contributed by atoms with Crippen molar-refractivity contribution in [3.8, 4) is 0 Å². The minimum atomic E-state index is 0.529. The monoisotopic (exact) mass is 198 g/mol. The van der Waals surface area contributed by atoms with Crippen LogP contribution < -0.4 is 0 Å². The van der Waals surface area contributed by atoms with Gasteiger partial charge >= 0.3 is 0 Å². The summed E-state index contributed by atoms with van der Waals surface area (Å²) in [5.41, 5.74) is 0.529. The van der Waals surface area contributed by atoms with Gasteiger partial charge in [-0.15, -0.1) is 0 Å². The molecule has 0 saturated carbocycles. The van der Waals surface area contributed by atoms with Crippen molar-refractivity contribution in [2.24, 2.45) is 17.3 Å². The molecule has 1 unspecified atom stereocenters. The number of hydrogen-bond acceptors (Lipinski definition) is 0. The molecule has 0 aromatic rings. The van der Waals surface area contributed by atoms with Crippen LogP contribution in [0, 0.1) is 17.3 Å². The molecule has 0 heteroatoms. The molecule has 0 rings (SSSR count). The Bertz CT molecular complexity index is 133. The average Bonchev–Trinajstić information content (AvgIpc) is 2.12. The molecule has 0 aliphatic heterocycles. The van der Waals surface area contributed by atoms with E-state index in [1.165, 1.54) is 32.1 Å². The predicted octanol–water partition coefficient (Wildman–Crippen LogP) is 5.28. The van der Waals surface area contributed by atoms with E-state index < -0.39 is 0 Å². The van der Waals surface area contributed by atoms with Gasteiger partial charge in [-0.25, -0.2) is 0 Å². The first kappa shape index (κ1) is 14.0. The summed E-state index contributed by atoms with van der Waals surface area (Å²) < 4.78 is 0. The molecule has 0 fully saturated rings. The minimum Gasteiger partial charge on any atom is -0.0654 e. The van der Waals surface area contributed by atoms with Gasteiger partial charge in [0.1, 0.15) is 0 Å². The van der Waals surface area contributed by atoms with Crippen molar-refractivity contribution in [3.63, 3.8) is 0 Å². The highest BCUT2D eigenvalue weighted by molar-refractivity contribution is 4.73. The fourth-order valence-electron chi connectivity index (χ4n) is 1.83. The zero-order chi connectivity index (χ0) is 11.2. The van der Waals surface area contributed by atoms with Crippen LogP contribution in [-0.4, -0.2) is 0 Å². The van der Waals surface area contributed by atoms with Gasteiger partial charge in [0, 0.05) is 0 Å². The third-order valence-electron chi connectivity index (χ3n) is 4.03. The van der Waals surface area contributed by atoms with Crippen LogP contribution in [0.2, 0.25) is 0 Å². The zero-order valence-corrected chi connectivity index (χ0v) is 11.2. The average molecular weight is 198 g/mol. The standard InChI is InChI=1S/C14H30/c1-7-9-13(8-2)10-11-14(5,6)12(3)4/h12-13H,7-11H2,1-6H3. The van der Waals surface area contributed by atoms with Crippen LogP contribution in [0.15, 0.2) is 0 Å². The van der Waals surface area contributed by atoms with Crippen molar-refractivity contribution < 1.29 is 0 Å². The summed E-state index contributed by atoms with van der Waals surface area (Å²) in [6, 6.07) is 0. The molecule has 0 spiro atoms. The van der Waals surface area contributed by atoms with Crippen molar-refractivity contribution in [3.05, 3.63) is 0 Å². The smallest absolute Gasteiger partial charge is 0.0331 e. The summed E-state index contributed by atoms with van der Waals surface area (Å²) in [6.07, 6.45) is 6.95. The quantitative estimate of drug-likeness (QED) is 0.522. The largest absolute Gasteiger partial charge is 0.0654 e. The van der Waals surface area contributed by atoms with Gasteiger partial charge in [0.2, 0.25) is 0 Å². The van der Waals surface area contributed by atoms with E-state index >= 15 is 0 Å². The fourth-order valence-corrected chi connectivity index (χ4v) is 1.83. The fraction of sp³-hybridized carbons (Fsp3) is 1.00. The maximum atomic E-state index is 2.41. The van der Waals surface area contributed by atoms with Crippen molar-refractivity contribution in [1.29, 1.82) is 0 Å². The Morgan fingerprint density at radius 2 is 1.57 bits per heavy atom. The van der Waals surface area contributed by atoms with E-state index in [0.717, 1.165) is 11.8 Å². The van der Waals surface area contributed by atoms with E-state index in [9.17, 15) is 0 Å². The summed E-state index contributed by atoms with van der Waals surface area (Å²) in [7, 11) is 0. The topological polar surface area (TPSA) is 0 Å². The third kappa shape index (κ3) is 5.02. The van der Waals surface area contributed by atoms with Crippen molar-refractivity contribution in [2.75, 3.05) is 0 Å². The summed E-state index contributed by atoms with van der Waals surface area (Å²) in [5.74, 6) is 1.78. The van der Waals surface area contributed by atoms with E-state index in [0.29, 0.717) is 5.41 Å². The molecule has 0 bridgehead atoms. The summed E-state index contributed by atoms with van der Waals surface area (Å²) >= 11 is 0. The zero-order valence-electron chi connectivity index (χ0n) is 11.2. The van der Waals surface area contributed by atoms with E-state index in [1.807, 2.05) is 0 Å². The Morgan fingerprint density at radius 1 is 1.00 bits per heavy atom. The van der Waals surface area contributed by atoms with Crippen LogP contribution in [-0.2, 0) is 0 Å². The van der Waals surface area contributed by atoms with Crippen molar-refractivity contribution in [2.45, 2.75) is 73.6 Å². The highest BCUT2D eigenvalue weighted by atomic mass is 14.3. The van der Waals surface area contributed by atoms with Crippen LogP contribution in [0.5, 0.6) is 0 Å². The first-order valence-electron chi connectivity index (χ1n) is 6.44. The SMILES string of the molecule is CCCC(CC)CCC(C)(C)C(C)C. The van der Waals surface area contributed by atoms with Gasteiger partial charge in [-0.1, -0.05) is 60.8 Å². The first-order valence-corrected chi connectivity index (χ1v) is 6.44. The summed E-state index contributed by atoms with van der Waals surface area (Å²) in [6.45, 7) is 14.2. The van der Waals surface area contributed by atoms with Crippen molar-refractivity contribution >= 4 is 0 Å². The van der Waals surface area contributed by atoms with Gasteiger partial charge < -0.3 is 0 Å². The molecule has 86 valence electrons. The molecule has 0 aromatic heterocycles. The van der Waals surface area contributed by atoms with Gasteiger partial charge in [0.15, 0.2) is 0 Å². The van der Waals surface area contributed by atoms with Gasteiger partial charge in [-0.05, 0) is 30.1 Å². The molecule has 0 amide bonds. The maximum absolute atomic E-state index is 2.41. The lowest BCUT2D eigenvalue weighted by Crippen LogP contribution is -2.20. The van der Waals surface area contributed by atoms with Crippen LogP contribution in [0.3, 0.4) is 0 Å². The van der Waals surface area contributed by atoms with E-state index in [2.05, 4.69) is 41.5 Å². The van der Waals surface area contributed by atoms with E-state index in [-0.39, 0.29) is 0 Å². The Labute approximate surface area is 91.5 Å². The molecule has 0 nitrogen and oxygen atoms in total. The molecular weight excluding hydrogens is 168 g/mol. The molecule has 14 heavy (non-hydrogen) atoms. The molecule has 0 radical (unpaired) electrons. The Hall–Kier alpha value is 0. The van der Waals surface area contributed by atoms with Gasteiger partial charge in [-0.2, -0.15) is 0 Å². The van der Waals surface area contributed by atoms with Crippen LogP contribution in [0.25, 0.3) is 0 Å². The second kappa shape index (κ2) is 6.48. The summed E-state index contributed by atoms with van der Waals surface area (Å²) in [4.78, 5) is 0. The van der Waals surface area contributed by atoms with Crippen LogP contribution >= 0.6 is 0 Å². The van der Waals surface area contributed by atoms with E-state index in [1.54, 1.807) is 0 Å². The molecule has 0 aliphatic carbocycles. The lowest BCUT2D eigenvalue weighted by atomic mass is 9.75. The molecule has 0 N–H and O–H groups in total. The Kier molecular flexibility index (Phi) is 6.48. The first-order chi connectivity index (χ1) is 6.44. The van der Waals surface area contributed by atoms with Crippen LogP contribution in [0.1, 0.15) is 73.6 Å². The molecule has 0 aliphatic rings. The lowest BCUT2D eigenvalue weighted by molar-refractivity contribution is 0.203. The molecular formula is C14H30. The Balaban J connectivity index is 3.89. The lowest BCUT2D eigenvalue weighted by Gasteiger charge is -2.31. The highest BCUT2D eigenvalue weighted by Gasteiger charge is 2.22.